The summed E-state index contributed by atoms with van der Waals surface area (Å²) in [5, 5.41) is 10.9. The van der Waals surface area contributed by atoms with Crippen molar-refractivity contribution in [3.63, 3.8) is 0 Å². The quantitative estimate of drug-likeness (QED) is 0.908. The molecule has 1 N–H and O–H groups in total. The molecule has 1 saturated carbocycles. The lowest BCUT2D eigenvalue weighted by molar-refractivity contribution is -0.0321. The van der Waals surface area contributed by atoms with Gasteiger partial charge in [-0.05, 0) is 43.2 Å². The van der Waals surface area contributed by atoms with Crippen molar-refractivity contribution < 1.29 is 14.6 Å². The summed E-state index contributed by atoms with van der Waals surface area (Å²) in [7, 11) is 3.26. The van der Waals surface area contributed by atoms with Crippen LogP contribution >= 0.6 is 0 Å². The lowest BCUT2D eigenvalue weighted by Crippen LogP contribution is -2.34. The molecule has 0 radical (unpaired) electrons. The summed E-state index contributed by atoms with van der Waals surface area (Å²) in [6.07, 6.45) is 3.61. The van der Waals surface area contributed by atoms with Crippen molar-refractivity contribution in [2.24, 2.45) is 5.41 Å². The summed E-state index contributed by atoms with van der Waals surface area (Å²) < 4.78 is 10.6. The minimum atomic E-state index is -0.771. The molecule has 1 aromatic rings. The summed E-state index contributed by atoms with van der Waals surface area (Å²) in [5.41, 5.74) is 0.435. The van der Waals surface area contributed by atoms with Gasteiger partial charge in [-0.25, -0.2) is 0 Å². The topological polar surface area (TPSA) is 38.7 Å². The van der Waals surface area contributed by atoms with E-state index in [-0.39, 0.29) is 0 Å². The van der Waals surface area contributed by atoms with E-state index in [1.54, 1.807) is 14.2 Å². The van der Waals surface area contributed by atoms with E-state index in [1.807, 2.05) is 18.2 Å². The second kappa shape index (κ2) is 5.04. The Kier molecular flexibility index (Phi) is 3.77. The Morgan fingerprint density at radius 2 is 1.63 bits per heavy atom. The fourth-order valence-corrected chi connectivity index (χ4v) is 2.79. The predicted octanol–water partition coefficient (Wildman–Crippen LogP) is 3.49. The zero-order chi connectivity index (χ0) is 14.1. The molecule has 2 rings (SSSR count). The van der Waals surface area contributed by atoms with E-state index in [2.05, 4.69) is 13.8 Å². The van der Waals surface area contributed by atoms with Gasteiger partial charge in [0.1, 0.15) is 11.5 Å². The molecule has 1 aliphatic rings. The second-order valence-corrected chi connectivity index (χ2v) is 6.26. The zero-order valence-corrected chi connectivity index (χ0v) is 12.3. The highest BCUT2D eigenvalue weighted by molar-refractivity contribution is 5.44. The first-order chi connectivity index (χ1) is 8.90. The number of benzene rings is 1. The van der Waals surface area contributed by atoms with Crippen molar-refractivity contribution in [2.75, 3.05) is 14.2 Å². The number of aliphatic hydroxyl groups is 1. The largest absolute Gasteiger partial charge is 0.497 e. The van der Waals surface area contributed by atoms with Crippen LogP contribution in [0.3, 0.4) is 0 Å². The summed E-state index contributed by atoms with van der Waals surface area (Å²) in [5.74, 6) is 1.46. The second-order valence-electron chi connectivity index (χ2n) is 6.26. The van der Waals surface area contributed by atoms with Gasteiger partial charge in [0.15, 0.2) is 0 Å². The van der Waals surface area contributed by atoms with E-state index in [0.717, 1.165) is 37.0 Å². The monoisotopic (exact) mass is 264 g/mol. The zero-order valence-electron chi connectivity index (χ0n) is 12.3. The van der Waals surface area contributed by atoms with Crippen molar-refractivity contribution in [1.82, 2.24) is 0 Å². The van der Waals surface area contributed by atoms with E-state index in [4.69, 9.17) is 9.47 Å². The third-order valence-corrected chi connectivity index (χ3v) is 4.34. The predicted molar refractivity (Wildman–Crippen MR) is 75.7 cm³/mol. The maximum absolute atomic E-state index is 10.9. The standard InChI is InChI=1S/C16H24O3/c1-15(2)7-9-16(17,10-8-15)13-6-5-12(18-3)11-14(13)19-4/h5-6,11,17H,7-10H2,1-4H3. The van der Waals surface area contributed by atoms with Gasteiger partial charge in [0.05, 0.1) is 19.8 Å². The highest BCUT2D eigenvalue weighted by Gasteiger charge is 2.39. The van der Waals surface area contributed by atoms with Crippen LogP contribution in [0.15, 0.2) is 18.2 Å². The molecule has 0 heterocycles. The van der Waals surface area contributed by atoms with E-state index in [0.29, 0.717) is 11.2 Å². The Hall–Kier alpha value is -1.22. The fraction of sp³-hybridized carbons (Fsp3) is 0.625. The molecule has 106 valence electrons. The van der Waals surface area contributed by atoms with E-state index in [9.17, 15) is 5.11 Å². The first-order valence-corrected chi connectivity index (χ1v) is 6.85. The van der Waals surface area contributed by atoms with Crippen molar-refractivity contribution in [2.45, 2.75) is 45.1 Å². The van der Waals surface area contributed by atoms with Gasteiger partial charge in [-0.2, -0.15) is 0 Å². The molecule has 19 heavy (non-hydrogen) atoms. The molecule has 0 saturated heterocycles. The lowest BCUT2D eigenvalue weighted by atomic mass is 9.68. The molecule has 1 fully saturated rings. The molecule has 0 aromatic heterocycles. The SMILES string of the molecule is COc1ccc(C2(O)CCC(C)(C)CC2)c(OC)c1. The van der Waals surface area contributed by atoms with Crippen LogP contribution in [-0.2, 0) is 5.60 Å². The highest BCUT2D eigenvalue weighted by atomic mass is 16.5. The van der Waals surface area contributed by atoms with Gasteiger partial charge in [-0.15, -0.1) is 0 Å². The molecule has 0 aliphatic heterocycles. The average Bonchev–Trinajstić information content (AvgIpc) is 2.41. The average molecular weight is 264 g/mol. The fourth-order valence-electron chi connectivity index (χ4n) is 2.79. The third kappa shape index (κ3) is 2.86. The normalized spacial score (nSPS) is 20.9. The molecule has 3 nitrogen and oxygen atoms in total. The first-order valence-electron chi connectivity index (χ1n) is 6.85. The van der Waals surface area contributed by atoms with Crippen LogP contribution in [0.1, 0.15) is 45.1 Å². The molecular weight excluding hydrogens is 240 g/mol. The van der Waals surface area contributed by atoms with Crippen LogP contribution in [0.2, 0.25) is 0 Å². The maximum atomic E-state index is 10.9. The van der Waals surface area contributed by atoms with E-state index >= 15 is 0 Å². The Labute approximate surface area is 115 Å². The van der Waals surface area contributed by atoms with Crippen molar-refractivity contribution in [1.29, 1.82) is 0 Å². The summed E-state index contributed by atoms with van der Waals surface area (Å²) in [6, 6.07) is 5.65. The molecular formula is C16H24O3. The number of hydrogen-bond donors (Lipinski definition) is 1. The van der Waals surface area contributed by atoms with Gasteiger partial charge in [0.2, 0.25) is 0 Å². The van der Waals surface area contributed by atoms with E-state index < -0.39 is 5.60 Å². The van der Waals surface area contributed by atoms with Gasteiger partial charge in [0.25, 0.3) is 0 Å². The van der Waals surface area contributed by atoms with Crippen LogP contribution in [0.5, 0.6) is 11.5 Å². The Balaban J connectivity index is 2.31. The maximum Gasteiger partial charge on any atom is 0.128 e. The van der Waals surface area contributed by atoms with Gasteiger partial charge >= 0.3 is 0 Å². The number of ether oxygens (including phenoxy) is 2. The van der Waals surface area contributed by atoms with E-state index in [1.165, 1.54) is 0 Å². The lowest BCUT2D eigenvalue weighted by Gasteiger charge is -2.41. The van der Waals surface area contributed by atoms with Crippen LogP contribution < -0.4 is 9.47 Å². The molecule has 0 amide bonds. The molecule has 0 unspecified atom stereocenters. The summed E-state index contributed by atoms with van der Waals surface area (Å²) >= 11 is 0. The molecule has 1 aliphatic carbocycles. The van der Waals surface area contributed by atoms with Gasteiger partial charge in [-0.3, -0.25) is 0 Å². The number of methoxy groups -OCH3 is 2. The van der Waals surface area contributed by atoms with Gasteiger partial charge in [-0.1, -0.05) is 13.8 Å². The van der Waals surface area contributed by atoms with Crippen molar-refractivity contribution in [3.8, 4) is 11.5 Å². The Morgan fingerprint density at radius 3 is 2.16 bits per heavy atom. The van der Waals surface area contributed by atoms with Crippen molar-refractivity contribution >= 4 is 0 Å². The summed E-state index contributed by atoms with van der Waals surface area (Å²) in [4.78, 5) is 0. The number of rotatable bonds is 3. The minimum absolute atomic E-state index is 0.325. The van der Waals surface area contributed by atoms with Gasteiger partial charge in [0, 0.05) is 11.6 Å². The van der Waals surface area contributed by atoms with Crippen LogP contribution in [0.4, 0.5) is 0 Å². The Morgan fingerprint density at radius 1 is 1.00 bits per heavy atom. The Bertz CT molecular complexity index is 441. The first kappa shape index (κ1) is 14.2. The summed E-state index contributed by atoms with van der Waals surface area (Å²) in [6.45, 7) is 4.52. The molecule has 3 heteroatoms. The minimum Gasteiger partial charge on any atom is -0.497 e. The van der Waals surface area contributed by atoms with Crippen LogP contribution in [-0.4, -0.2) is 19.3 Å². The molecule has 0 atom stereocenters. The smallest absolute Gasteiger partial charge is 0.128 e. The molecule has 0 bridgehead atoms. The molecule has 1 aromatic carbocycles. The highest BCUT2D eigenvalue weighted by Crippen LogP contribution is 2.47. The molecule has 0 spiro atoms. The number of hydrogen-bond acceptors (Lipinski definition) is 3. The van der Waals surface area contributed by atoms with Crippen LogP contribution in [0.25, 0.3) is 0 Å². The van der Waals surface area contributed by atoms with Crippen LogP contribution in [0, 0.1) is 5.41 Å². The van der Waals surface area contributed by atoms with Crippen molar-refractivity contribution in [3.05, 3.63) is 23.8 Å². The van der Waals surface area contributed by atoms with Gasteiger partial charge < -0.3 is 14.6 Å². The third-order valence-electron chi connectivity index (χ3n) is 4.34.